The first-order valence-electron chi connectivity index (χ1n) is 15.7. The second kappa shape index (κ2) is 18.8. The Balaban J connectivity index is 1.41. The lowest BCUT2D eigenvalue weighted by atomic mass is 9.99. The Morgan fingerprint density at radius 1 is 0.826 bits per heavy atom. The zero-order chi connectivity index (χ0) is 33.5. The number of unbranched alkanes of at least 4 members (excludes halogenated alkanes) is 4. The summed E-state index contributed by atoms with van der Waals surface area (Å²) >= 11 is 0. The van der Waals surface area contributed by atoms with Crippen molar-refractivity contribution in [1.29, 1.82) is 0 Å². The molecule has 0 saturated carbocycles. The lowest BCUT2D eigenvalue weighted by Gasteiger charge is -2.38. The van der Waals surface area contributed by atoms with Crippen molar-refractivity contribution >= 4 is 29.4 Å². The smallest absolute Gasteiger partial charge is 0.335 e. The van der Waals surface area contributed by atoms with E-state index in [2.05, 4.69) is 10.6 Å². The number of carboxylic acid groups (broad SMARTS) is 1. The van der Waals surface area contributed by atoms with Crippen LogP contribution in [-0.2, 0) is 19.1 Å². The molecular weight excluding hydrogens is 598 g/mol. The van der Waals surface area contributed by atoms with Crippen molar-refractivity contribution in [2.45, 2.75) is 89.0 Å². The number of amides is 3. The number of carboxylic acids is 1. The lowest BCUT2D eigenvalue weighted by Crippen LogP contribution is -2.61. The molecule has 2 aromatic carbocycles. The van der Waals surface area contributed by atoms with Crippen LogP contribution in [0.15, 0.2) is 54.6 Å². The molecular formula is C33H45N3O10. The molecule has 5 atom stereocenters. The minimum Gasteiger partial charge on any atom is -0.479 e. The highest BCUT2D eigenvalue weighted by atomic mass is 16.7. The van der Waals surface area contributed by atoms with Crippen molar-refractivity contribution in [2.75, 3.05) is 25.0 Å². The fraction of sp³-hybridized carbons (Fsp3) is 0.515. The molecule has 13 nitrogen and oxygen atoms in total. The summed E-state index contributed by atoms with van der Waals surface area (Å²) in [6.07, 6.45) is -3.03. The summed E-state index contributed by atoms with van der Waals surface area (Å²) in [5.74, 6) is -1.72. The van der Waals surface area contributed by atoms with E-state index in [9.17, 15) is 39.6 Å². The van der Waals surface area contributed by atoms with Crippen LogP contribution in [0.3, 0.4) is 0 Å². The van der Waals surface area contributed by atoms with Crippen LogP contribution in [0.5, 0.6) is 5.75 Å². The number of nitrogens with zero attached hydrogens (tertiary/aromatic N) is 1. The van der Waals surface area contributed by atoms with Crippen LogP contribution >= 0.6 is 0 Å². The highest BCUT2D eigenvalue weighted by molar-refractivity contribution is 5.94. The molecule has 5 unspecified atom stereocenters. The third-order valence-corrected chi connectivity index (χ3v) is 7.59. The van der Waals surface area contributed by atoms with E-state index in [0.29, 0.717) is 30.8 Å². The zero-order valence-electron chi connectivity index (χ0n) is 26.0. The molecule has 0 spiro atoms. The standard InChI is InChI=1S/C33H45N3O10/c1-2-3-13-26(38)36(20-10-5-4-9-19-34-31(42)22-11-7-6-8-12-22)21-18-25(37)35-23-14-16-24(17-15-23)45-33-29(41)27(39)28(40)30(46-33)32(43)44/h6-8,11-12,14-17,27-30,33,39-41H,2-5,9-10,13,18-21H2,1H3,(H,34,42)(H,35,37)(H,43,44). The zero-order valence-corrected chi connectivity index (χ0v) is 26.0. The van der Waals surface area contributed by atoms with Crippen LogP contribution in [0.1, 0.15) is 68.6 Å². The monoisotopic (exact) mass is 643 g/mol. The van der Waals surface area contributed by atoms with Gasteiger partial charge in [-0.1, -0.05) is 44.4 Å². The molecule has 1 fully saturated rings. The van der Waals surface area contributed by atoms with E-state index in [4.69, 9.17) is 9.47 Å². The average Bonchev–Trinajstić information content (AvgIpc) is 3.05. The number of benzene rings is 2. The van der Waals surface area contributed by atoms with E-state index < -0.39 is 36.7 Å². The van der Waals surface area contributed by atoms with E-state index in [1.165, 1.54) is 24.3 Å². The average molecular weight is 644 g/mol. The molecule has 3 rings (SSSR count). The van der Waals surface area contributed by atoms with Gasteiger partial charge in [-0.25, -0.2) is 4.79 Å². The SMILES string of the molecule is CCCCC(=O)N(CCCCCCNC(=O)c1ccccc1)CCC(=O)Nc1ccc(OC2OC(C(=O)O)C(O)C(O)C2O)cc1. The van der Waals surface area contributed by atoms with E-state index >= 15 is 0 Å². The maximum Gasteiger partial charge on any atom is 0.335 e. The van der Waals surface area contributed by atoms with E-state index in [1.807, 2.05) is 25.1 Å². The minimum atomic E-state index is -1.83. The quantitative estimate of drug-likeness (QED) is 0.131. The highest BCUT2D eigenvalue weighted by Crippen LogP contribution is 2.25. The van der Waals surface area contributed by atoms with Crippen molar-refractivity contribution in [3.63, 3.8) is 0 Å². The maximum atomic E-state index is 12.8. The maximum absolute atomic E-state index is 12.8. The van der Waals surface area contributed by atoms with Crippen LogP contribution in [0.4, 0.5) is 5.69 Å². The molecule has 1 heterocycles. The van der Waals surface area contributed by atoms with E-state index in [1.54, 1.807) is 17.0 Å². The van der Waals surface area contributed by atoms with Gasteiger partial charge >= 0.3 is 5.97 Å². The molecule has 252 valence electrons. The Kier molecular flexibility index (Phi) is 14.9. The topological polar surface area (TPSA) is 195 Å². The van der Waals surface area contributed by atoms with Gasteiger partial charge in [0.1, 0.15) is 24.1 Å². The summed E-state index contributed by atoms with van der Waals surface area (Å²) < 4.78 is 10.6. The molecule has 1 aliphatic rings. The predicted octanol–water partition coefficient (Wildman–Crippen LogP) is 2.30. The predicted molar refractivity (Wildman–Crippen MR) is 168 cm³/mol. The van der Waals surface area contributed by atoms with Crippen molar-refractivity contribution in [3.8, 4) is 5.75 Å². The number of hydrogen-bond donors (Lipinski definition) is 6. The lowest BCUT2D eigenvalue weighted by molar-refractivity contribution is -0.271. The number of anilines is 1. The van der Waals surface area contributed by atoms with Gasteiger partial charge in [0.05, 0.1) is 0 Å². The second-order valence-corrected chi connectivity index (χ2v) is 11.2. The number of hydrogen-bond acceptors (Lipinski definition) is 9. The van der Waals surface area contributed by atoms with Gasteiger partial charge in [-0.2, -0.15) is 0 Å². The van der Waals surface area contributed by atoms with Gasteiger partial charge in [-0.3, -0.25) is 14.4 Å². The first kappa shape index (κ1) is 36.4. The molecule has 3 amide bonds. The van der Waals surface area contributed by atoms with Gasteiger partial charge in [0.2, 0.25) is 18.1 Å². The third kappa shape index (κ3) is 11.4. The van der Waals surface area contributed by atoms with Gasteiger partial charge in [-0.05, 0) is 55.7 Å². The number of carbonyl (C=O) groups excluding carboxylic acids is 3. The molecule has 0 aromatic heterocycles. The van der Waals surface area contributed by atoms with Crippen LogP contribution in [-0.4, -0.2) is 99.4 Å². The molecule has 13 heteroatoms. The molecule has 0 bridgehead atoms. The molecule has 1 aliphatic heterocycles. The number of rotatable bonds is 18. The summed E-state index contributed by atoms with van der Waals surface area (Å²) in [5.41, 5.74) is 1.08. The van der Waals surface area contributed by atoms with E-state index in [-0.39, 0.29) is 36.4 Å². The molecule has 6 N–H and O–H groups in total. The second-order valence-electron chi connectivity index (χ2n) is 11.2. The molecule has 0 aliphatic carbocycles. The summed E-state index contributed by atoms with van der Waals surface area (Å²) in [4.78, 5) is 50.7. The van der Waals surface area contributed by atoms with Crippen LogP contribution in [0.25, 0.3) is 0 Å². The van der Waals surface area contributed by atoms with Crippen LogP contribution in [0.2, 0.25) is 0 Å². The number of carbonyl (C=O) groups is 4. The number of aliphatic hydroxyl groups is 3. The largest absolute Gasteiger partial charge is 0.479 e. The first-order chi connectivity index (χ1) is 22.1. The molecule has 1 saturated heterocycles. The number of ether oxygens (including phenoxy) is 2. The fourth-order valence-corrected chi connectivity index (χ4v) is 4.88. The number of aliphatic hydroxyl groups excluding tert-OH is 3. The summed E-state index contributed by atoms with van der Waals surface area (Å²) in [5, 5.41) is 44.8. The minimum absolute atomic E-state index is 0.0150. The van der Waals surface area contributed by atoms with Gasteiger partial charge in [0.25, 0.3) is 5.91 Å². The van der Waals surface area contributed by atoms with Gasteiger partial charge in [0, 0.05) is 43.7 Å². The fourth-order valence-electron chi connectivity index (χ4n) is 4.88. The molecule has 2 aromatic rings. The van der Waals surface area contributed by atoms with Crippen molar-refractivity contribution in [2.24, 2.45) is 0 Å². The van der Waals surface area contributed by atoms with Crippen molar-refractivity contribution < 1.29 is 49.1 Å². The Morgan fingerprint density at radius 2 is 1.52 bits per heavy atom. The molecule has 0 radical (unpaired) electrons. The normalized spacial score (nSPS) is 20.8. The van der Waals surface area contributed by atoms with Gasteiger partial charge < -0.3 is 45.4 Å². The van der Waals surface area contributed by atoms with Crippen molar-refractivity contribution in [3.05, 3.63) is 60.2 Å². The molecule has 46 heavy (non-hydrogen) atoms. The Morgan fingerprint density at radius 3 is 2.20 bits per heavy atom. The number of nitrogens with one attached hydrogen (secondary N) is 2. The third-order valence-electron chi connectivity index (χ3n) is 7.59. The first-order valence-corrected chi connectivity index (χ1v) is 15.7. The van der Waals surface area contributed by atoms with Gasteiger partial charge in [-0.15, -0.1) is 0 Å². The summed E-state index contributed by atoms with van der Waals surface area (Å²) in [6.45, 7) is 3.41. The van der Waals surface area contributed by atoms with Crippen molar-refractivity contribution in [1.82, 2.24) is 10.2 Å². The summed E-state index contributed by atoms with van der Waals surface area (Å²) in [7, 11) is 0. The summed E-state index contributed by atoms with van der Waals surface area (Å²) in [6, 6.07) is 15.1. The Hall–Kier alpha value is -4.04. The highest BCUT2D eigenvalue weighted by Gasteiger charge is 2.48. The van der Waals surface area contributed by atoms with Gasteiger partial charge in [0.15, 0.2) is 6.10 Å². The van der Waals surface area contributed by atoms with Crippen LogP contribution < -0.4 is 15.4 Å². The number of aliphatic carboxylic acids is 1. The Bertz CT molecular complexity index is 1260. The van der Waals surface area contributed by atoms with Crippen LogP contribution in [0, 0.1) is 0 Å². The Labute approximate surface area is 268 Å². The van der Waals surface area contributed by atoms with E-state index in [0.717, 1.165) is 38.5 Å².